The van der Waals surface area contributed by atoms with Gasteiger partial charge in [0.1, 0.15) is 5.75 Å². The third-order valence-electron chi connectivity index (χ3n) is 7.88. The third kappa shape index (κ3) is 3.10. The molecule has 4 N–H and O–H groups in total. The Balaban J connectivity index is 1.87. The summed E-state index contributed by atoms with van der Waals surface area (Å²) in [5, 5.41) is 22.4. The fourth-order valence-electron chi connectivity index (χ4n) is 6.39. The molecule has 0 saturated heterocycles. The van der Waals surface area contributed by atoms with E-state index in [1.54, 1.807) is 14.1 Å². The average Bonchev–Trinajstić information content (AvgIpc) is 2.74. The Labute approximate surface area is 197 Å². The zero-order chi connectivity index (χ0) is 25.3. The maximum atomic E-state index is 13.7. The number of amides is 1. The number of carbonyl (C=O) groups is 5. The maximum Gasteiger partial charge on any atom is 0.235 e. The lowest BCUT2D eigenvalue weighted by Gasteiger charge is -2.52. The first-order valence-electron chi connectivity index (χ1n) is 11.6. The molecule has 0 bridgehead atoms. The second-order valence-electron chi connectivity index (χ2n) is 10.1. The van der Waals surface area contributed by atoms with Gasteiger partial charge in [0.15, 0.2) is 34.7 Å². The van der Waals surface area contributed by atoms with Crippen molar-refractivity contribution in [2.75, 3.05) is 14.1 Å². The fraction of sp³-hybridized carbons (Fsp3) is 0.560. The molecule has 9 heteroatoms. The monoisotopic (exact) mass is 470 g/mol. The Hall–Kier alpha value is -2.91. The zero-order valence-electron chi connectivity index (χ0n) is 19.8. The number of carbonyl (C=O) groups excluding carboxylic acids is 5. The molecule has 6 atom stereocenters. The van der Waals surface area contributed by atoms with Gasteiger partial charge >= 0.3 is 0 Å². The number of rotatable bonds is 4. The van der Waals surface area contributed by atoms with E-state index < -0.39 is 64.4 Å². The number of phenols is 1. The molecule has 3 aliphatic rings. The predicted molar refractivity (Wildman–Crippen MR) is 120 cm³/mol. The van der Waals surface area contributed by atoms with Crippen LogP contribution >= 0.6 is 0 Å². The molecule has 9 nitrogen and oxygen atoms in total. The summed E-state index contributed by atoms with van der Waals surface area (Å²) in [5.41, 5.74) is 4.76. The summed E-state index contributed by atoms with van der Waals surface area (Å²) in [6.07, 6.45) is 1.64. The summed E-state index contributed by atoms with van der Waals surface area (Å²) in [6, 6.07) is 0.753. The average molecular weight is 471 g/mol. The first-order valence-corrected chi connectivity index (χ1v) is 11.6. The van der Waals surface area contributed by atoms with Crippen molar-refractivity contribution in [1.82, 2.24) is 4.90 Å². The minimum Gasteiger partial charge on any atom is -0.507 e. The normalized spacial score (nSPS) is 32.9. The van der Waals surface area contributed by atoms with Gasteiger partial charge in [-0.05, 0) is 62.9 Å². The highest BCUT2D eigenvalue weighted by Crippen LogP contribution is 2.51. The molecule has 3 aliphatic carbocycles. The number of fused-ring (bicyclic) bond motifs is 3. The van der Waals surface area contributed by atoms with E-state index in [0.29, 0.717) is 17.5 Å². The summed E-state index contributed by atoms with van der Waals surface area (Å²) < 4.78 is 0. The zero-order valence-corrected chi connectivity index (χ0v) is 19.8. The molecule has 0 spiro atoms. The van der Waals surface area contributed by atoms with E-state index in [2.05, 4.69) is 0 Å². The highest BCUT2D eigenvalue weighted by molar-refractivity contribution is 6.32. The van der Waals surface area contributed by atoms with Gasteiger partial charge in [-0.2, -0.15) is 0 Å². The lowest BCUT2D eigenvalue weighted by molar-refractivity contribution is -0.181. The largest absolute Gasteiger partial charge is 0.507 e. The van der Waals surface area contributed by atoms with Gasteiger partial charge in [-0.3, -0.25) is 28.9 Å². The number of ketones is 4. The van der Waals surface area contributed by atoms with Crippen LogP contribution in [0.5, 0.6) is 5.75 Å². The molecular weight excluding hydrogens is 440 g/mol. The molecule has 2 fully saturated rings. The summed E-state index contributed by atoms with van der Waals surface area (Å²) in [6.45, 7) is 3.79. The van der Waals surface area contributed by atoms with Crippen LogP contribution < -0.4 is 5.73 Å². The highest BCUT2D eigenvalue weighted by atomic mass is 16.3. The Kier molecular flexibility index (Phi) is 5.77. The van der Waals surface area contributed by atoms with Crippen molar-refractivity contribution in [3.63, 3.8) is 0 Å². The number of primary amides is 1. The van der Waals surface area contributed by atoms with Crippen molar-refractivity contribution in [1.29, 1.82) is 0 Å². The Morgan fingerprint density at radius 2 is 1.85 bits per heavy atom. The third-order valence-corrected chi connectivity index (χ3v) is 7.88. The van der Waals surface area contributed by atoms with Gasteiger partial charge in [-0.1, -0.05) is 19.4 Å². The van der Waals surface area contributed by atoms with Crippen LogP contribution in [-0.2, 0) is 32.0 Å². The Bertz CT molecular complexity index is 1140. The number of aliphatic hydroxyl groups is 1. The molecule has 0 aromatic heterocycles. The number of hydrogen-bond acceptors (Lipinski definition) is 8. The molecule has 2 saturated carbocycles. The number of nitrogens with zero attached hydrogens (tertiary/aromatic N) is 1. The van der Waals surface area contributed by atoms with Crippen molar-refractivity contribution in [2.24, 2.45) is 29.4 Å². The number of aryl methyl sites for hydroxylation is 2. The van der Waals surface area contributed by atoms with Crippen LogP contribution in [0.1, 0.15) is 46.8 Å². The minimum absolute atomic E-state index is 0.0564. The number of likely N-dealkylation sites (N-methyl/N-ethyl adjacent to an activating group) is 1. The lowest BCUT2D eigenvalue weighted by Crippen LogP contribution is -2.74. The number of benzene rings is 1. The molecule has 1 amide bonds. The molecule has 0 radical (unpaired) electrons. The van der Waals surface area contributed by atoms with Crippen LogP contribution in [0, 0.1) is 30.6 Å². The molecule has 34 heavy (non-hydrogen) atoms. The van der Waals surface area contributed by atoms with Crippen molar-refractivity contribution in [3.05, 3.63) is 28.3 Å². The van der Waals surface area contributed by atoms with Crippen LogP contribution in [0.3, 0.4) is 0 Å². The minimum atomic E-state index is -2.69. The summed E-state index contributed by atoms with van der Waals surface area (Å²) in [5.74, 6) is -10.0. The van der Waals surface area contributed by atoms with Gasteiger partial charge in [0.25, 0.3) is 0 Å². The van der Waals surface area contributed by atoms with Gasteiger partial charge in [-0.25, -0.2) is 0 Å². The van der Waals surface area contributed by atoms with Crippen LogP contribution in [0.25, 0.3) is 0 Å². The van der Waals surface area contributed by atoms with Crippen LogP contribution in [0.2, 0.25) is 0 Å². The number of hydrogen-bond donors (Lipinski definition) is 3. The quantitative estimate of drug-likeness (QED) is 0.525. The van der Waals surface area contributed by atoms with Crippen LogP contribution in [0.4, 0.5) is 0 Å². The highest BCUT2D eigenvalue weighted by Gasteiger charge is 2.69. The molecule has 1 aromatic carbocycles. The van der Waals surface area contributed by atoms with E-state index in [1.807, 2.05) is 19.9 Å². The van der Waals surface area contributed by atoms with Crippen LogP contribution in [0.15, 0.2) is 6.07 Å². The SMILES string of the molecule is CCCc1cc(C)c2c(c1O)C(=O)C1C(=O)C3(O)C(=O)C(C(N)=O)C(=O)C(N(C)C)C3CC1C2. The number of Topliss-reactive ketones (excluding diaryl/α,β-unsaturated/α-hetero) is 4. The molecule has 6 unspecified atom stereocenters. The smallest absolute Gasteiger partial charge is 0.235 e. The van der Waals surface area contributed by atoms with Gasteiger partial charge in [0.05, 0.1) is 17.5 Å². The van der Waals surface area contributed by atoms with Crippen LogP contribution in [-0.4, -0.2) is 69.9 Å². The van der Waals surface area contributed by atoms with E-state index in [9.17, 15) is 34.2 Å². The van der Waals surface area contributed by atoms with Crippen molar-refractivity contribution < 1.29 is 34.2 Å². The van der Waals surface area contributed by atoms with Crippen molar-refractivity contribution in [3.8, 4) is 5.75 Å². The van der Waals surface area contributed by atoms with E-state index >= 15 is 0 Å². The van der Waals surface area contributed by atoms with E-state index in [4.69, 9.17) is 5.73 Å². The predicted octanol–water partition coefficient (Wildman–Crippen LogP) is 0.128. The van der Waals surface area contributed by atoms with E-state index in [0.717, 1.165) is 12.0 Å². The molecule has 4 rings (SSSR count). The van der Waals surface area contributed by atoms with Crippen molar-refractivity contribution >= 4 is 29.0 Å². The fourth-order valence-corrected chi connectivity index (χ4v) is 6.39. The Morgan fingerprint density at radius 1 is 1.21 bits per heavy atom. The molecular formula is C25H30N2O7. The number of phenolic OH excluding ortho intramolecular Hbond substituents is 1. The first kappa shape index (κ1) is 24.2. The number of aromatic hydroxyl groups is 1. The van der Waals surface area contributed by atoms with Gasteiger partial charge in [0.2, 0.25) is 5.91 Å². The summed E-state index contributed by atoms with van der Waals surface area (Å²) in [4.78, 5) is 67.1. The van der Waals surface area contributed by atoms with E-state index in [1.165, 1.54) is 4.90 Å². The molecule has 1 aromatic rings. The summed E-state index contributed by atoms with van der Waals surface area (Å²) in [7, 11) is 3.12. The number of nitrogens with two attached hydrogens (primary N) is 1. The first-order chi connectivity index (χ1) is 15.9. The molecule has 182 valence electrons. The van der Waals surface area contributed by atoms with Gasteiger partial charge < -0.3 is 15.9 Å². The summed E-state index contributed by atoms with van der Waals surface area (Å²) >= 11 is 0. The second kappa shape index (κ2) is 8.09. The lowest BCUT2D eigenvalue weighted by atomic mass is 9.52. The van der Waals surface area contributed by atoms with E-state index in [-0.39, 0.29) is 24.2 Å². The van der Waals surface area contributed by atoms with Crippen molar-refractivity contribution in [2.45, 2.75) is 51.2 Å². The molecule has 0 heterocycles. The van der Waals surface area contributed by atoms with Gasteiger partial charge in [0, 0.05) is 5.92 Å². The topological polar surface area (TPSA) is 155 Å². The van der Waals surface area contributed by atoms with Gasteiger partial charge in [-0.15, -0.1) is 0 Å². The second-order valence-corrected chi connectivity index (χ2v) is 10.1. The maximum absolute atomic E-state index is 13.7. The molecule has 0 aliphatic heterocycles. The Morgan fingerprint density at radius 3 is 2.41 bits per heavy atom. The standard InChI is InChI=1S/C25H30N2O7/c1-5-6-11-7-10(2)13-8-12-9-14-18(27(3)4)21(30)17(24(26)33)23(32)25(14,34)22(31)15(12)20(29)16(13)19(11)28/h7,12,14-15,17-18,28,34H,5-6,8-9H2,1-4H3,(H2,26,33).